The van der Waals surface area contributed by atoms with Crippen LogP contribution in [0.4, 0.5) is 0 Å². The second-order valence-electron chi connectivity index (χ2n) is 5.10. The molecule has 1 heterocycles. The molecule has 1 aliphatic rings. The van der Waals surface area contributed by atoms with Crippen molar-refractivity contribution in [2.75, 3.05) is 19.6 Å². The Labute approximate surface area is 82.3 Å². The highest BCUT2D eigenvalue weighted by molar-refractivity contribution is 4.74. The van der Waals surface area contributed by atoms with E-state index < -0.39 is 0 Å². The van der Waals surface area contributed by atoms with Gasteiger partial charge in [-0.05, 0) is 56.7 Å². The van der Waals surface area contributed by atoms with Gasteiger partial charge in [0.15, 0.2) is 0 Å². The van der Waals surface area contributed by atoms with Crippen molar-refractivity contribution >= 4 is 0 Å². The van der Waals surface area contributed by atoms with Gasteiger partial charge in [-0.15, -0.1) is 0 Å². The number of piperidine rings is 1. The van der Waals surface area contributed by atoms with Crippen molar-refractivity contribution < 1.29 is 0 Å². The van der Waals surface area contributed by atoms with Crippen LogP contribution in [0.3, 0.4) is 0 Å². The lowest BCUT2D eigenvalue weighted by atomic mass is 9.82. The van der Waals surface area contributed by atoms with Crippen molar-refractivity contribution in [1.29, 1.82) is 0 Å². The summed E-state index contributed by atoms with van der Waals surface area (Å²) in [5.74, 6) is 0.951. The molecule has 1 fully saturated rings. The van der Waals surface area contributed by atoms with Gasteiger partial charge < -0.3 is 11.1 Å². The molecule has 0 saturated carbocycles. The third-order valence-corrected chi connectivity index (χ3v) is 3.24. The first-order valence-electron chi connectivity index (χ1n) is 5.55. The van der Waals surface area contributed by atoms with Crippen LogP contribution in [-0.2, 0) is 0 Å². The van der Waals surface area contributed by atoms with Gasteiger partial charge in [-0.2, -0.15) is 0 Å². The van der Waals surface area contributed by atoms with Crippen molar-refractivity contribution in [1.82, 2.24) is 5.32 Å². The van der Waals surface area contributed by atoms with Crippen molar-refractivity contribution in [2.45, 2.75) is 39.5 Å². The third-order valence-electron chi connectivity index (χ3n) is 3.24. The largest absolute Gasteiger partial charge is 0.330 e. The maximum absolute atomic E-state index is 5.71. The van der Waals surface area contributed by atoms with Gasteiger partial charge in [0.2, 0.25) is 0 Å². The van der Waals surface area contributed by atoms with E-state index in [0.717, 1.165) is 12.5 Å². The van der Waals surface area contributed by atoms with Crippen LogP contribution in [0.25, 0.3) is 0 Å². The van der Waals surface area contributed by atoms with Crippen molar-refractivity contribution in [3.8, 4) is 0 Å². The predicted octanol–water partition coefficient (Wildman–Crippen LogP) is 1.75. The number of nitrogens with two attached hydrogens (primary N) is 1. The Kier molecular flexibility index (Phi) is 4.20. The first-order chi connectivity index (χ1) is 6.14. The highest BCUT2D eigenvalue weighted by Crippen LogP contribution is 2.26. The van der Waals surface area contributed by atoms with Crippen LogP contribution in [0.2, 0.25) is 0 Å². The second-order valence-corrected chi connectivity index (χ2v) is 5.10. The summed E-state index contributed by atoms with van der Waals surface area (Å²) in [7, 11) is 0. The average molecular weight is 184 g/mol. The fourth-order valence-electron chi connectivity index (χ4n) is 1.87. The molecule has 2 nitrogen and oxygen atoms in total. The quantitative estimate of drug-likeness (QED) is 0.698. The van der Waals surface area contributed by atoms with Gasteiger partial charge in [0.25, 0.3) is 0 Å². The molecule has 1 saturated heterocycles. The summed E-state index contributed by atoms with van der Waals surface area (Å²) in [6, 6.07) is 0. The van der Waals surface area contributed by atoms with E-state index in [4.69, 9.17) is 5.73 Å². The molecule has 0 bridgehead atoms. The molecule has 1 aliphatic heterocycles. The molecule has 0 aromatic rings. The second kappa shape index (κ2) is 4.97. The van der Waals surface area contributed by atoms with E-state index in [0.29, 0.717) is 5.41 Å². The van der Waals surface area contributed by atoms with E-state index >= 15 is 0 Å². The van der Waals surface area contributed by atoms with Gasteiger partial charge in [-0.3, -0.25) is 0 Å². The van der Waals surface area contributed by atoms with Gasteiger partial charge >= 0.3 is 0 Å². The molecule has 13 heavy (non-hydrogen) atoms. The Balaban J connectivity index is 2.17. The molecule has 0 aromatic carbocycles. The monoisotopic (exact) mass is 184 g/mol. The molecule has 0 unspecified atom stereocenters. The summed E-state index contributed by atoms with van der Waals surface area (Å²) in [5.41, 5.74) is 6.06. The third kappa shape index (κ3) is 4.10. The van der Waals surface area contributed by atoms with E-state index in [2.05, 4.69) is 19.2 Å². The summed E-state index contributed by atoms with van der Waals surface area (Å²) in [6.45, 7) is 7.79. The van der Waals surface area contributed by atoms with Crippen LogP contribution in [-0.4, -0.2) is 19.6 Å². The average Bonchev–Trinajstić information content (AvgIpc) is 2.17. The fourth-order valence-corrected chi connectivity index (χ4v) is 1.87. The molecule has 0 aliphatic carbocycles. The number of nitrogens with one attached hydrogen (secondary N) is 1. The lowest BCUT2D eigenvalue weighted by Gasteiger charge is -2.28. The van der Waals surface area contributed by atoms with E-state index in [1.807, 2.05) is 0 Å². The van der Waals surface area contributed by atoms with Gasteiger partial charge in [0.1, 0.15) is 0 Å². The van der Waals surface area contributed by atoms with E-state index in [1.165, 1.54) is 38.8 Å². The Bertz CT molecular complexity index is 137. The molecule has 78 valence electrons. The maximum atomic E-state index is 5.71. The zero-order valence-corrected chi connectivity index (χ0v) is 9.10. The minimum Gasteiger partial charge on any atom is -0.330 e. The van der Waals surface area contributed by atoms with E-state index in [9.17, 15) is 0 Å². The number of hydrogen-bond donors (Lipinski definition) is 2. The molecule has 0 radical (unpaired) electrons. The van der Waals surface area contributed by atoms with Crippen LogP contribution in [0.15, 0.2) is 0 Å². The molecule has 0 spiro atoms. The summed E-state index contributed by atoms with van der Waals surface area (Å²) in [6.07, 6.45) is 5.38. The summed E-state index contributed by atoms with van der Waals surface area (Å²) >= 11 is 0. The van der Waals surface area contributed by atoms with Crippen LogP contribution in [0.1, 0.15) is 39.5 Å². The Hall–Kier alpha value is -0.0800. The Morgan fingerprint density at radius 2 is 1.92 bits per heavy atom. The van der Waals surface area contributed by atoms with Gasteiger partial charge in [0.05, 0.1) is 0 Å². The SMILES string of the molecule is CC(C)(CN)CCC1CCNCC1. The van der Waals surface area contributed by atoms with E-state index in [-0.39, 0.29) is 0 Å². The molecule has 3 N–H and O–H groups in total. The van der Waals surface area contributed by atoms with Crippen LogP contribution in [0.5, 0.6) is 0 Å². The molecule has 1 rings (SSSR count). The Morgan fingerprint density at radius 1 is 1.31 bits per heavy atom. The minimum absolute atomic E-state index is 0.352. The fraction of sp³-hybridized carbons (Fsp3) is 1.00. The molecular weight excluding hydrogens is 160 g/mol. The molecule has 0 aromatic heterocycles. The van der Waals surface area contributed by atoms with Gasteiger partial charge in [0, 0.05) is 0 Å². The number of hydrogen-bond acceptors (Lipinski definition) is 2. The van der Waals surface area contributed by atoms with Crippen molar-refractivity contribution in [3.63, 3.8) is 0 Å². The minimum atomic E-state index is 0.352. The maximum Gasteiger partial charge on any atom is -0.00258 e. The lowest BCUT2D eigenvalue weighted by molar-refractivity contribution is 0.270. The highest BCUT2D eigenvalue weighted by atomic mass is 14.9. The van der Waals surface area contributed by atoms with Crippen LogP contribution < -0.4 is 11.1 Å². The zero-order valence-electron chi connectivity index (χ0n) is 9.10. The van der Waals surface area contributed by atoms with Gasteiger partial charge in [-0.25, -0.2) is 0 Å². The number of rotatable bonds is 4. The summed E-state index contributed by atoms with van der Waals surface area (Å²) in [5, 5.41) is 3.40. The van der Waals surface area contributed by atoms with Crippen molar-refractivity contribution in [3.05, 3.63) is 0 Å². The summed E-state index contributed by atoms with van der Waals surface area (Å²) < 4.78 is 0. The normalized spacial score (nSPS) is 20.5. The Morgan fingerprint density at radius 3 is 2.46 bits per heavy atom. The standard InChI is InChI=1S/C11H24N2/c1-11(2,9-12)6-3-10-4-7-13-8-5-10/h10,13H,3-9,12H2,1-2H3. The first-order valence-corrected chi connectivity index (χ1v) is 5.55. The van der Waals surface area contributed by atoms with E-state index in [1.54, 1.807) is 0 Å². The van der Waals surface area contributed by atoms with Crippen molar-refractivity contribution in [2.24, 2.45) is 17.1 Å². The molecule has 0 amide bonds. The summed E-state index contributed by atoms with van der Waals surface area (Å²) in [4.78, 5) is 0. The first kappa shape index (κ1) is 11.0. The molecular formula is C11H24N2. The van der Waals surface area contributed by atoms with Crippen LogP contribution in [0, 0.1) is 11.3 Å². The molecule has 2 heteroatoms. The van der Waals surface area contributed by atoms with Gasteiger partial charge in [-0.1, -0.05) is 13.8 Å². The smallest absolute Gasteiger partial charge is 0.00258 e. The zero-order chi connectivity index (χ0) is 9.73. The molecule has 0 atom stereocenters. The highest BCUT2D eigenvalue weighted by Gasteiger charge is 2.19. The topological polar surface area (TPSA) is 38.0 Å². The lowest BCUT2D eigenvalue weighted by Crippen LogP contribution is -2.29. The predicted molar refractivity (Wildman–Crippen MR) is 57.7 cm³/mol. The van der Waals surface area contributed by atoms with Crippen LogP contribution >= 0.6 is 0 Å².